The number of amides is 2. The molecule has 0 spiro atoms. The van der Waals surface area contributed by atoms with E-state index in [1.165, 1.54) is 5.56 Å². The molecule has 0 saturated carbocycles. The zero-order valence-corrected chi connectivity index (χ0v) is 21.0. The molecule has 2 amide bonds. The van der Waals surface area contributed by atoms with Gasteiger partial charge in [-0.3, -0.25) is 14.5 Å². The predicted molar refractivity (Wildman–Crippen MR) is 142 cm³/mol. The highest BCUT2D eigenvalue weighted by atomic mass is 16.3. The van der Waals surface area contributed by atoms with Crippen molar-refractivity contribution in [3.8, 4) is 5.75 Å². The Kier molecular flexibility index (Phi) is 8.39. The predicted octanol–water partition coefficient (Wildman–Crippen LogP) is 4.13. The number of nitrogens with zero attached hydrogens (tertiary/aromatic N) is 1. The minimum Gasteiger partial charge on any atom is -0.508 e. The fourth-order valence-electron chi connectivity index (χ4n) is 4.58. The topological polar surface area (TPSA) is 81.7 Å². The number of aryl methyl sites for hydroxylation is 2. The molecule has 1 saturated heterocycles. The van der Waals surface area contributed by atoms with Crippen molar-refractivity contribution in [3.05, 3.63) is 101 Å². The van der Waals surface area contributed by atoms with Crippen LogP contribution in [-0.2, 0) is 17.8 Å². The number of likely N-dealkylation sites (tertiary alicyclic amines) is 1. The smallest absolute Gasteiger partial charge is 0.251 e. The SMILES string of the molecule is Cc1ccc(C(=O)NC(Cc2ccc(O)cc2)C(=O)NC2CCN(Cc3ccccc3)CC2)cc1C. The Morgan fingerprint density at radius 1 is 0.917 bits per heavy atom. The van der Waals surface area contributed by atoms with E-state index in [9.17, 15) is 14.7 Å². The Hall–Kier alpha value is -3.64. The van der Waals surface area contributed by atoms with Crippen molar-refractivity contribution in [3.63, 3.8) is 0 Å². The normalized spacial score (nSPS) is 15.3. The molecule has 4 rings (SSSR count). The summed E-state index contributed by atoms with van der Waals surface area (Å²) in [5.74, 6) is -0.280. The van der Waals surface area contributed by atoms with Crippen LogP contribution >= 0.6 is 0 Å². The Morgan fingerprint density at radius 2 is 1.61 bits per heavy atom. The third-order valence-corrected chi connectivity index (χ3v) is 6.95. The van der Waals surface area contributed by atoms with Gasteiger partial charge in [-0.1, -0.05) is 48.5 Å². The van der Waals surface area contributed by atoms with Crippen LogP contribution in [0.15, 0.2) is 72.8 Å². The van der Waals surface area contributed by atoms with Gasteiger partial charge in [0.15, 0.2) is 0 Å². The number of aromatic hydroxyl groups is 1. The first kappa shape index (κ1) is 25.5. The number of hydrogen-bond donors (Lipinski definition) is 3. The zero-order chi connectivity index (χ0) is 25.5. The zero-order valence-electron chi connectivity index (χ0n) is 21.0. The summed E-state index contributed by atoms with van der Waals surface area (Å²) in [6, 6.07) is 22.1. The van der Waals surface area contributed by atoms with Crippen molar-refractivity contribution in [2.24, 2.45) is 0 Å². The number of nitrogens with one attached hydrogen (secondary N) is 2. The maximum absolute atomic E-state index is 13.4. The van der Waals surface area contributed by atoms with E-state index in [0.717, 1.165) is 49.2 Å². The first-order valence-corrected chi connectivity index (χ1v) is 12.6. The molecule has 188 valence electrons. The van der Waals surface area contributed by atoms with Crippen LogP contribution in [0.25, 0.3) is 0 Å². The van der Waals surface area contributed by atoms with E-state index in [0.29, 0.717) is 12.0 Å². The monoisotopic (exact) mass is 485 g/mol. The number of rotatable bonds is 8. The highest BCUT2D eigenvalue weighted by Crippen LogP contribution is 2.16. The number of hydrogen-bond acceptors (Lipinski definition) is 4. The fourth-order valence-corrected chi connectivity index (χ4v) is 4.58. The minimum absolute atomic E-state index is 0.0744. The maximum Gasteiger partial charge on any atom is 0.251 e. The molecule has 36 heavy (non-hydrogen) atoms. The van der Waals surface area contributed by atoms with Gasteiger partial charge in [-0.2, -0.15) is 0 Å². The molecular formula is C30H35N3O3. The Labute approximate surface area is 213 Å². The van der Waals surface area contributed by atoms with E-state index in [-0.39, 0.29) is 23.6 Å². The summed E-state index contributed by atoms with van der Waals surface area (Å²) in [6.45, 7) is 6.71. The second-order valence-electron chi connectivity index (χ2n) is 9.74. The molecule has 1 unspecified atom stereocenters. The van der Waals surface area contributed by atoms with Gasteiger partial charge in [-0.25, -0.2) is 0 Å². The van der Waals surface area contributed by atoms with Gasteiger partial charge >= 0.3 is 0 Å². The van der Waals surface area contributed by atoms with Gasteiger partial charge in [0.2, 0.25) is 5.91 Å². The quantitative estimate of drug-likeness (QED) is 0.448. The molecule has 3 aromatic rings. The summed E-state index contributed by atoms with van der Waals surface area (Å²) < 4.78 is 0. The van der Waals surface area contributed by atoms with Gasteiger partial charge in [-0.05, 0) is 73.2 Å². The summed E-state index contributed by atoms with van der Waals surface area (Å²) in [5.41, 5.74) is 4.85. The van der Waals surface area contributed by atoms with Gasteiger partial charge in [0.1, 0.15) is 11.8 Å². The highest BCUT2D eigenvalue weighted by Gasteiger charge is 2.26. The number of piperidine rings is 1. The van der Waals surface area contributed by atoms with E-state index in [4.69, 9.17) is 0 Å². The van der Waals surface area contributed by atoms with Gasteiger partial charge in [-0.15, -0.1) is 0 Å². The lowest BCUT2D eigenvalue weighted by Gasteiger charge is -2.33. The summed E-state index contributed by atoms with van der Waals surface area (Å²) in [5, 5.41) is 15.8. The average Bonchev–Trinajstić information content (AvgIpc) is 2.88. The van der Waals surface area contributed by atoms with Crippen LogP contribution in [0.1, 0.15) is 45.5 Å². The molecule has 1 aliphatic rings. The molecule has 6 nitrogen and oxygen atoms in total. The average molecular weight is 486 g/mol. The van der Waals surface area contributed by atoms with Crippen molar-refractivity contribution >= 4 is 11.8 Å². The number of phenolic OH excluding ortho intramolecular Hbond substituents is 1. The molecule has 6 heteroatoms. The van der Waals surface area contributed by atoms with Crippen LogP contribution in [0.4, 0.5) is 0 Å². The molecule has 1 atom stereocenters. The van der Waals surface area contributed by atoms with Gasteiger partial charge in [0.05, 0.1) is 0 Å². The van der Waals surface area contributed by atoms with E-state index in [1.807, 2.05) is 32.0 Å². The van der Waals surface area contributed by atoms with Crippen LogP contribution in [0.2, 0.25) is 0 Å². The first-order valence-electron chi connectivity index (χ1n) is 12.6. The van der Waals surface area contributed by atoms with Crippen molar-refractivity contribution < 1.29 is 14.7 Å². The van der Waals surface area contributed by atoms with E-state index >= 15 is 0 Å². The second kappa shape index (κ2) is 11.9. The third-order valence-electron chi connectivity index (χ3n) is 6.95. The Morgan fingerprint density at radius 3 is 2.28 bits per heavy atom. The van der Waals surface area contributed by atoms with Crippen LogP contribution in [0.3, 0.4) is 0 Å². The number of carbonyl (C=O) groups excluding carboxylic acids is 2. The summed E-state index contributed by atoms with van der Waals surface area (Å²) in [7, 11) is 0. The summed E-state index contributed by atoms with van der Waals surface area (Å²) >= 11 is 0. The first-order chi connectivity index (χ1) is 17.4. The number of benzene rings is 3. The Balaban J connectivity index is 1.39. The van der Waals surface area contributed by atoms with Crippen LogP contribution in [0.5, 0.6) is 5.75 Å². The van der Waals surface area contributed by atoms with E-state index in [1.54, 1.807) is 30.3 Å². The molecule has 3 aromatic carbocycles. The standard InChI is InChI=1S/C30H35N3O3/c1-21-8-11-25(18-22(21)2)29(35)32-28(19-23-9-12-27(34)13-10-23)30(36)31-26-14-16-33(17-15-26)20-24-6-4-3-5-7-24/h3-13,18,26,28,34H,14-17,19-20H2,1-2H3,(H,31,36)(H,32,35). The molecule has 0 aromatic heterocycles. The largest absolute Gasteiger partial charge is 0.508 e. The molecular weight excluding hydrogens is 450 g/mol. The molecule has 0 bridgehead atoms. The van der Waals surface area contributed by atoms with Crippen molar-refractivity contribution in [2.45, 2.75) is 51.7 Å². The lowest BCUT2D eigenvalue weighted by Crippen LogP contribution is -2.52. The molecule has 1 fully saturated rings. The van der Waals surface area contributed by atoms with E-state index in [2.05, 4.69) is 39.8 Å². The third kappa shape index (κ3) is 6.95. The highest BCUT2D eigenvalue weighted by molar-refractivity contribution is 5.97. The molecule has 3 N–H and O–H groups in total. The maximum atomic E-state index is 13.4. The number of phenols is 1. The molecule has 0 radical (unpaired) electrons. The molecule has 1 aliphatic heterocycles. The van der Waals surface area contributed by atoms with Crippen molar-refractivity contribution in [2.75, 3.05) is 13.1 Å². The van der Waals surface area contributed by atoms with Gasteiger partial charge in [0.25, 0.3) is 5.91 Å². The van der Waals surface area contributed by atoms with Crippen LogP contribution < -0.4 is 10.6 Å². The van der Waals surface area contributed by atoms with Gasteiger partial charge < -0.3 is 15.7 Å². The minimum atomic E-state index is -0.717. The molecule has 1 heterocycles. The lowest BCUT2D eigenvalue weighted by molar-refractivity contribution is -0.124. The van der Waals surface area contributed by atoms with Crippen LogP contribution in [-0.4, -0.2) is 47.0 Å². The van der Waals surface area contributed by atoms with Crippen molar-refractivity contribution in [1.29, 1.82) is 0 Å². The van der Waals surface area contributed by atoms with Gasteiger partial charge in [0, 0.05) is 37.7 Å². The summed E-state index contributed by atoms with van der Waals surface area (Å²) in [6.07, 6.45) is 2.08. The summed E-state index contributed by atoms with van der Waals surface area (Å²) in [4.78, 5) is 28.8. The lowest BCUT2D eigenvalue weighted by atomic mass is 10.0. The van der Waals surface area contributed by atoms with Crippen molar-refractivity contribution in [1.82, 2.24) is 15.5 Å². The Bertz CT molecular complexity index is 1170. The fraction of sp³-hybridized carbons (Fsp3) is 0.333. The number of carbonyl (C=O) groups is 2. The second-order valence-corrected chi connectivity index (χ2v) is 9.74. The molecule has 0 aliphatic carbocycles. The van der Waals surface area contributed by atoms with Crippen LogP contribution in [0, 0.1) is 13.8 Å². The van der Waals surface area contributed by atoms with E-state index < -0.39 is 6.04 Å².